The van der Waals surface area contributed by atoms with Crippen LogP contribution in [0.1, 0.15) is 36.7 Å². The second kappa shape index (κ2) is 9.12. The number of carbonyl (C=O) groups excluding carboxylic acids is 2. The van der Waals surface area contributed by atoms with E-state index in [1.54, 1.807) is 51.5 Å². The highest BCUT2D eigenvalue weighted by Crippen LogP contribution is 2.32. The predicted octanol–water partition coefficient (Wildman–Crippen LogP) is 3.94. The maximum atomic E-state index is 12.6. The average Bonchev–Trinajstić information content (AvgIpc) is 2.67. The Bertz CT molecular complexity index is 848. The topological polar surface area (TPSA) is 85.9 Å². The lowest BCUT2D eigenvalue weighted by atomic mass is 9.94. The fraction of sp³-hybridized carbons (Fsp3) is 0.333. The highest BCUT2D eigenvalue weighted by molar-refractivity contribution is 6.01. The molecule has 0 aliphatic carbocycles. The molecule has 0 unspecified atom stereocenters. The van der Waals surface area contributed by atoms with Crippen LogP contribution >= 0.6 is 0 Å². The Hall–Kier alpha value is -3.22. The van der Waals surface area contributed by atoms with Crippen LogP contribution < -0.4 is 20.1 Å². The van der Waals surface area contributed by atoms with Gasteiger partial charge in [0.15, 0.2) is 11.5 Å². The van der Waals surface area contributed by atoms with E-state index in [0.29, 0.717) is 22.7 Å². The number of nitrogens with one attached hydrogen (secondary N) is 2. The quantitative estimate of drug-likeness (QED) is 0.704. The maximum Gasteiger partial charge on any atom is 0.340 e. The number of para-hydroxylation sites is 1. The first-order valence-corrected chi connectivity index (χ1v) is 8.90. The molecule has 28 heavy (non-hydrogen) atoms. The second-order valence-electron chi connectivity index (χ2n) is 6.54. The monoisotopic (exact) mass is 386 g/mol. The smallest absolute Gasteiger partial charge is 0.340 e. The Balaban J connectivity index is 2.18. The van der Waals surface area contributed by atoms with E-state index in [2.05, 4.69) is 10.6 Å². The van der Waals surface area contributed by atoms with E-state index in [4.69, 9.17) is 14.2 Å². The molecule has 2 rings (SSSR count). The predicted molar refractivity (Wildman–Crippen MR) is 107 cm³/mol. The molecule has 0 spiro atoms. The number of rotatable bonds is 7. The molecular weight excluding hydrogens is 360 g/mol. The molecule has 0 aromatic heterocycles. The lowest BCUT2D eigenvalue weighted by Crippen LogP contribution is -2.43. The number of carbonyl (C=O) groups is 2. The molecule has 0 atom stereocenters. The molecule has 2 N–H and O–H groups in total. The largest absolute Gasteiger partial charge is 0.493 e. The third-order valence-electron chi connectivity index (χ3n) is 4.20. The van der Waals surface area contributed by atoms with Crippen LogP contribution in [-0.4, -0.2) is 32.8 Å². The summed E-state index contributed by atoms with van der Waals surface area (Å²) in [6.07, 6.45) is 0. The summed E-state index contributed by atoms with van der Waals surface area (Å²) in [6, 6.07) is 11.7. The number of anilines is 1. The van der Waals surface area contributed by atoms with Gasteiger partial charge in [0.05, 0.1) is 37.6 Å². The van der Waals surface area contributed by atoms with E-state index < -0.39 is 17.5 Å². The Morgan fingerprint density at radius 2 is 1.68 bits per heavy atom. The second-order valence-corrected chi connectivity index (χ2v) is 6.54. The zero-order valence-electron chi connectivity index (χ0n) is 16.8. The number of ether oxygens (including phenoxy) is 3. The van der Waals surface area contributed by atoms with Crippen molar-refractivity contribution < 1.29 is 23.8 Å². The molecule has 0 fully saturated rings. The molecule has 0 heterocycles. The van der Waals surface area contributed by atoms with E-state index in [9.17, 15) is 9.59 Å². The van der Waals surface area contributed by atoms with Crippen molar-refractivity contribution in [3.63, 3.8) is 0 Å². The first-order chi connectivity index (χ1) is 13.3. The highest BCUT2D eigenvalue weighted by Gasteiger charge is 2.25. The molecule has 0 aliphatic heterocycles. The normalized spacial score (nSPS) is 10.8. The van der Waals surface area contributed by atoms with Gasteiger partial charge in [-0.3, -0.25) is 0 Å². The van der Waals surface area contributed by atoms with Crippen LogP contribution in [0.2, 0.25) is 0 Å². The molecular formula is C21H26N2O5. The molecule has 0 radical (unpaired) electrons. The fourth-order valence-electron chi connectivity index (χ4n) is 2.71. The molecule has 7 heteroatoms. The van der Waals surface area contributed by atoms with Gasteiger partial charge in [0.1, 0.15) is 0 Å². The van der Waals surface area contributed by atoms with E-state index in [0.717, 1.165) is 5.56 Å². The number of esters is 1. The first-order valence-electron chi connectivity index (χ1n) is 8.90. The van der Waals surface area contributed by atoms with Crippen molar-refractivity contribution in [2.45, 2.75) is 26.3 Å². The lowest BCUT2D eigenvalue weighted by Gasteiger charge is -2.28. The van der Waals surface area contributed by atoms with E-state index in [1.807, 2.05) is 26.0 Å². The zero-order valence-corrected chi connectivity index (χ0v) is 16.8. The molecule has 0 bridgehead atoms. The van der Waals surface area contributed by atoms with Gasteiger partial charge in [0.2, 0.25) is 0 Å². The summed E-state index contributed by atoms with van der Waals surface area (Å²) in [4.78, 5) is 24.6. The van der Waals surface area contributed by atoms with Crippen molar-refractivity contribution in [3.8, 4) is 11.5 Å². The van der Waals surface area contributed by atoms with Crippen molar-refractivity contribution in [2.24, 2.45) is 0 Å². The van der Waals surface area contributed by atoms with Crippen molar-refractivity contribution in [3.05, 3.63) is 53.6 Å². The summed E-state index contributed by atoms with van der Waals surface area (Å²) < 4.78 is 15.6. The molecule has 0 saturated heterocycles. The van der Waals surface area contributed by atoms with Gasteiger partial charge in [-0.15, -0.1) is 0 Å². The summed E-state index contributed by atoms with van der Waals surface area (Å²) in [5.74, 6) is 0.690. The number of methoxy groups -OCH3 is 2. The van der Waals surface area contributed by atoms with E-state index >= 15 is 0 Å². The molecule has 0 aliphatic rings. The van der Waals surface area contributed by atoms with Crippen LogP contribution in [0.4, 0.5) is 10.5 Å². The SMILES string of the molecule is CCOC(=O)c1ccccc1NC(=O)NC(C)(C)c1ccc(OC)c(OC)c1. The fourth-order valence-corrected chi connectivity index (χ4v) is 2.71. The van der Waals surface area contributed by atoms with Gasteiger partial charge >= 0.3 is 12.0 Å². The first kappa shape index (κ1) is 21.1. The minimum atomic E-state index is -0.706. The van der Waals surface area contributed by atoms with Gasteiger partial charge in [-0.25, -0.2) is 9.59 Å². The lowest BCUT2D eigenvalue weighted by molar-refractivity contribution is 0.0527. The van der Waals surface area contributed by atoms with Crippen molar-refractivity contribution in [1.29, 1.82) is 0 Å². The van der Waals surface area contributed by atoms with E-state index in [1.165, 1.54) is 0 Å². The van der Waals surface area contributed by atoms with Crippen LogP contribution in [0, 0.1) is 0 Å². The highest BCUT2D eigenvalue weighted by atomic mass is 16.5. The molecule has 2 aromatic rings. The van der Waals surface area contributed by atoms with Crippen LogP contribution in [0.25, 0.3) is 0 Å². The molecule has 2 amide bonds. The molecule has 7 nitrogen and oxygen atoms in total. The standard InChI is InChI=1S/C21H26N2O5/c1-6-28-19(24)15-9-7-8-10-16(15)22-20(25)23-21(2,3)14-11-12-17(26-4)18(13-14)27-5/h7-13H,6H2,1-5H3,(H2,22,23,25). The Morgan fingerprint density at radius 1 is 1.00 bits per heavy atom. The third kappa shape index (κ3) is 4.94. The number of urea groups is 1. The Kier molecular flexibility index (Phi) is 6.87. The van der Waals surface area contributed by atoms with Crippen molar-refractivity contribution in [1.82, 2.24) is 5.32 Å². The van der Waals surface area contributed by atoms with Gasteiger partial charge < -0.3 is 24.8 Å². The van der Waals surface area contributed by atoms with Gasteiger partial charge in [0.25, 0.3) is 0 Å². The van der Waals surface area contributed by atoms with Crippen LogP contribution in [0.3, 0.4) is 0 Å². The summed E-state index contributed by atoms with van der Waals surface area (Å²) in [5, 5.41) is 5.63. The number of benzene rings is 2. The molecule has 2 aromatic carbocycles. The third-order valence-corrected chi connectivity index (χ3v) is 4.20. The van der Waals surface area contributed by atoms with Gasteiger partial charge in [-0.05, 0) is 50.6 Å². The van der Waals surface area contributed by atoms with Crippen molar-refractivity contribution in [2.75, 3.05) is 26.1 Å². The molecule has 150 valence electrons. The minimum absolute atomic E-state index is 0.256. The molecule has 0 saturated carbocycles. The number of amides is 2. The summed E-state index contributed by atoms with van der Waals surface area (Å²) in [7, 11) is 3.12. The van der Waals surface area contributed by atoms with Gasteiger partial charge in [-0.2, -0.15) is 0 Å². The van der Waals surface area contributed by atoms with Crippen LogP contribution in [-0.2, 0) is 10.3 Å². The average molecular weight is 386 g/mol. The van der Waals surface area contributed by atoms with Crippen molar-refractivity contribution >= 4 is 17.7 Å². The van der Waals surface area contributed by atoms with Crippen LogP contribution in [0.5, 0.6) is 11.5 Å². The maximum absolute atomic E-state index is 12.6. The van der Waals surface area contributed by atoms with Gasteiger partial charge in [-0.1, -0.05) is 18.2 Å². The summed E-state index contributed by atoms with van der Waals surface area (Å²) >= 11 is 0. The minimum Gasteiger partial charge on any atom is -0.493 e. The summed E-state index contributed by atoms with van der Waals surface area (Å²) in [5.41, 5.74) is 0.798. The van der Waals surface area contributed by atoms with Crippen LogP contribution in [0.15, 0.2) is 42.5 Å². The Morgan fingerprint density at radius 3 is 2.32 bits per heavy atom. The van der Waals surface area contributed by atoms with Gasteiger partial charge in [0, 0.05) is 0 Å². The number of hydrogen-bond acceptors (Lipinski definition) is 5. The van der Waals surface area contributed by atoms with E-state index in [-0.39, 0.29) is 6.61 Å². The summed E-state index contributed by atoms with van der Waals surface area (Å²) in [6.45, 7) is 5.72. The Labute approximate surface area is 165 Å². The number of hydrogen-bond donors (Lipinski definition) is 2. The zero-order chi connectivity index (χ0) is 20.7.